The third-order valence-corrected chi connectivity index (χ3v) is 2.94. The molecule has 0 aliphatic carbocycles. The Kier molecular flexibility index (Phi) is 5.16. The van der Waals surface area contributed by atoms with Crippen LogP contribution in [0.2, 0.25) is 0 Å². The van der Waals surface area contributed by atoms with Gasteiger partial charge < -0.3 is 10.4 Å². The predicted molar refractivity (Wildman–Crippen MR) is 66.9 cm³/mol. The Balaban J connectivity index is 2.76. The van der Waals surface area contributed by atoms with Crippen molar-refractivity contribution in [1.82, 2.24) is 10.3 Å². The molecule has 0 radical (unpaired) electrons. The third-order valence-electron chi connectivity index (χ3n) is 2.94. The van der Waals surface area contributed by atoms with E-state index in [1.54, 1.807) is 0 Å². The number of alkyl halides is 2. The number of rotatable bonds is 5. The number of nitrogens with one attached hydrogen (secondary N) is 1. The highest BCUT2D eigenvalue weighted by atomic mass is 19.3. The second kappa shape index (κ2) is 6.20. The smallest absolute Gasteiger partial charge is 0.265 e. The van der Waals surface area contributed by atoms with Crippen LogP contribution in [0.3, 0.4) is 0 Å². The fourth-order valence-corrected chi connectivity index (χ4v) is 2.18. The first-order chi connectivity index (χ1) is 8.32. The van der Waals surface area contributed by atoms with E-state index in [1.807, 2.05) is 33.8 Å². The van der Waals surface area contributed by atoms with Crippen molar-refractivity contribution in [3.05, 3.63) is 28.6 Å². The quantitative estimate of drug-likeness (QED) is 0.851. The first-order valence-electron chi connectivity index (χ1n) is 5.97. The van der Waals surface area contributed by atoms with Crippen LogP contribution in [-0.4, -0.2) is 29.2 Å². The summed E-state index contributed by atoms with van der Waals surface area (Å²) in [6.45, 7) is 7.54. The maximum atomic E-state index is 12.2. The molecule has 2 N–H and O–H groups in total. The van der Waals surface area contributed by atoms with Gasteiger partial charge in [0.05, 0.1) is 0 Å². The molecule has 1 rings (SSSR count). The minimum absolute atomic E-state index is 0.119. The van der Waals surface area contributed by atoms with Gasteiger partial charge in [0, 0.05) is 24.0 Å². The highest BCUT2D eigenvalue weighted by molar-refractivity contribution is 5.33. The van der Waals surface area contributed by atoms with Crippen LogP contribution in [0.15, 0.2) is 6.07 Å². The van der Waals surface area contributed by atoms with Crippen molar-refractivity contribution in [1.29, 1.82) is 0 Å². The van der Waals surface area contributed by atoms with Crippen LogP contribution in [0.1, 0.15) is 35.5 Å². The summed E-state index contributed by atoms with van der Waals surface area (Å²) in [6, 6.07) is 1.84. The van der Waals surface area contributed by atoms with Crippen LogP contribution in [0, 0.1) is 20.8 Å². The molecule has 0 aromatic carbocycles. The molecule has 1 aromatic heterocycles. The number of aryl methyl sites for hydroxylation is 3. The SMILES string of the molecule is Cc1cc(C)c(C(C)NCC(O)C(F)F)c(C)n1. The summed E-state index contributed by atoms with van der Waals surface area (Å²) in [5.74, 6) is 0. The monoisotopic (exact) mass is 258 g/mol. The molecule has 18 heavy (non-hydrogen) atoms. The van der Waals surface area contributed by atoms with Gasteiger partial charge in [0.2, 0.25) is 0 Å². The maximum Gasteiger partial charge on any atom is 0.265 e. The summed E-state index contributed by atoms with van der Waals surface area (Å²) < 4.78 is 24.4. The molecule has 5 heteroatoms. The fraction of sp³-hybridized carbons (Fsp3) is 0.615. The molecule has 0 spiro atoms. The van der Waals surface area contributed by atoms with Gasteiger partial charge in [0.25, 0.3) is 6.43 Å². The Morgan fingerprint density at radius 3 is 2.44 bits per heavy atom. The summed E-state index contributed by atoms with van der Waals surface area (Å²) in [5, 5.41) is 12.0. The van der Waals surface area contributed by atoms with Crippen LogP contribution >= 0.6 is 0 Å². The maximum absolute atomic E-state index is 12.2. The molecule has 2 atom stereocenters. The lowest BCUT2D eigenvalue weighted by Crippen LogP contribution is -2.34. The van der Waals surface area contributed by atoms with Crippen molar-refractivity contribution in [2.45, 2.75) is 46.3 Å². The molecule has 0 amide bonds. The van der Waals surface area contributed by atoms with E-state index >= 15 is 0 Å². The Bertz CT molecular complexity index is 387. The highest BCUT2D eigenvalue weighted by Gasteiger charge is 2.19. The normalized spacial score (nSPS) is 14.9. The largest absolute Gasteiger partial charge is 0.386 e. The molecular formula is C13H20F2N2O. The lowest BCUT2D eigenvalue weighted by Gasteiger charge is -2.20. The Hall–Kier alpha value is -1.07. The molecule has 0 saturated carbocycles. The van der Waals surface area contributed by atoms with Gasteiger partial charge in [0.1, 0.15) is 6.10 Å². The molecule has 0 bridgehead atoms. The standard InChI is InChI=1S/C13H20F2N2O/c1-7-5-8(2)17-10(4)12(7)9(3)16-6-11(18)13(14)15/h5,9,11,13,16,18H,6H2,1-4H3. The lowest BCUT2D eigenvalue weighted by molar-refractivity contribution is -0.00441. The molecular weight excluding hydrogens is 238 g/mol. The number of hydrogen-bond acceptors (Lipinski definition) is 3. The molecule has 102 valence electrons. The topological polar surface area (TPSA) is 45.1 Å². The zero-order valence-corrected chi connectivity index (χ0v) is 11.2. The molecule has 0 aliphatic rings. The number of aliphatic hydroxyl groups excluding tert-OH is 1. The predicted octanol–water partition coefficient (Wildman–Crippen LogP) is 2.28. The van der Waals surface area contributed by atoms with Crippen molar-refractivity contribution < 1.29 is 13.9 Å². The summed E-state index contributed by atoms with van der Waals surface area (Å²) >= 11 is 0. The van der Waals surface area contributed by atoms with Gasteiger partial charge in [-0.25, -0.2) is 8.78 Å². The number of hydrogen-bond donors (Lipinski definition) is 2. The summed E-state index contributed by atoms with van der Waals surface area (Å²) in [5.41, 5.74) is 3.90. The highest BCUT2D eigenvalue weighted by Crippen LogP contribution is 2.21. The van der Waals surface area contributed by atoms with E-state index < -0.39 is 12.5 Å². The van der Waals surface area contributed by atoms with Gasteiger partial charge in [-0.2, -0.15) is 0 Å². The number of halogens is 2. The zero-order chi connectivity index (χ0) is 13.9. The van der Waals surface area contributed by atoms with Crippen LogP contribution in [-0.2, 0) is 0 Å². The third kappa shape index (κ3) is 3.71. The van der Waals surface area contributed by atoms with Crippen molar-refractivity contribution >= 4 is 0 Å². The number of aromatic nitrogens is 1. The summed E-state index contributed by atoms with van der Waals surface area (Å²) in [6.07, 6.45) is -4.35. The minimum atomic E-state index is -2.72. The van der Waals surface area contributed by atoms with E-state index in [1.165, 1.54) is 0 Å². The van der Waals surface area contributed by atoms with Gasteiger partial charge in [-0.05, 0) is 44.9 Å². The van der Waals surface area contributed by atoms with E-state index in [-0.39, 0.29) is 12.6 Å². The molecule has 0 aliphatic heterocycles. The van der Waals surface area contributed by atoms with Gasteiger partial charge in [-0.3, -0.25) is 4.98 Å². The van der Waals surface area contributed by atoms with E-state index in [9.17, 15) is 8.78 Å². The van der Waals surface area contributed by atoms with Crippen molar-refractivity contribution in [3.8, 4) is 0 Å². The van der Waals surface area contributed by atoms with Crippen LogP contribution in [0.5, 0.6) is 0 Å². The van der Waals surface area contributed by atoms with E-state index in [0.29, 0.717) is 0 Å². The van der Waals surface area contributed by atoms with Gasteiger partial charge >= 0.3 is 0 Å². The molecule has 0 saturated heterocycles. The first-order valence-corrected chi connectivity index (χ1v) is 5.97. The second-order valence-electron chi connectivity index (χ2n) is 4.61. The molecule has 0 fully saturated rings. The van der Waals surface area contributed by atoms with Crippen molar-refractivity contribution in [3.63, 3.8) is 0 Å². The Labute approximate surface area is 106 Å². The van der Waals surface area contributed by atoms with Crippen LogP contribution < -0.4 is 5.32 Å². The molecule has 1 aromatic rings. The number of aliphatic hydroxyl groups is 1. The van der Waals surface area contributed by atoms with Crippen LogP contribution in [0.4, 0.5) is 8.78 Å². The summed E-state index contributed by atoms with van der Waals surface area (Å²) in [4.78, 5) is 4.37. The minimum Gasteiger partial charge on any atom is -0.386 e. The van der Waals surface area contributed by atoms with E-state index in [4.69, 9.17) is 5.11 Å². The van der Waals surface area contributed by atoms with Crippen molar-refractivity contribution in [2.24, 2.45) is 0 Å². The average Bonchev–Trinajstić information content (AvgIpc) is 2.24. The Morgan fingerprint density at radius 1 is 1.33 bits per heavy atom. The van der Waals surface area contributed by atoms with Crippen LogP contribution in [0.25, 0.3) is 0 Å². The molecule has 3 nitrogen and oxygen atoms in total. The number of pyridine rings is 1. The molecule has 2 unspecified atom stereocenters. The average molecular weight is 258 g/mol. The van der Waals surface area contributed by atoms with E-state index in [2.05, 4.69) is 10.3 Å². The second-order valence-corrected chi connectivity index (χ2v) is 4.61. The van der Waals surface area contributed by atoms with Gasteiger partial charge in [0.15, 0.2) is 0 Å². The van der Waals surface area contributed by atoms with Gasteiger partial charge in [-0.15, -0.1) is 0 Å². The van der Waals surface area contributed by atoms with Gasteiger partial charge in [-0.1, -0.05) is 0 Å². The zero-order valence-electron chi connectivity index (χ0n) is 11.2. The van der Waals surface area contributed by atoms with E-state index in [0.717, 1.165) is 22.5 Å². The van der Waals surface area contributed by atoms with Crippen molar-refractivity contribution in [2.75, 3.05) is 6.54 Å². The first kappa shape index (κ1) is 15.0. The Morgan fingerprint density at radius 2 is 1.94 bits per heavy atom. The summed E-state index contributed by atoms with van der Waals surface area (Å²) in [7, 11) is 0. The number of nitrogens with zero attached hydrogens (tertiary/aromatic N) is 1. The lowest BCUT2D eigenvalue weighted by atomic mass is 10.0. The molecule has 1 heterocycles. The fourth-order valence-electron chi connectivity index (χ4n) is 2.18.